The molecule has 0 fully saturated rings. The van der Waals surface area contributed by atoms with Crippen molar-refractivity contribution in [2.24, 2.45) is 0 Å². The van der Waals surface area contributed by atoms with Crippen LogP contribution < -0.4 is 0 Å². The van der Waals surface area contributed by atoms with E-state index in [0.29, 0.717) is 6.54 Å². The van der Waals surface area contributed by atoms with Gasteiger partial charge in [0.15, 0.2) is 9.84 Å². The van der Waals surface area contributed by atoms with Gasteiger partial charge in [0.25, 0.3) is 0 Å². The van der Waals surface area contributed by atoms with Crippen LogP contribution in [0.2, 0.25) is 0 Å². The molecule has 0 saturated heterocycles. The molecule has 0 spiro atoms. The van der Waals surface area contributed by atoms with Gasteiger partial charge >= 0.3 is 0 Å². The summed E-state index contributed by atoms with van der Waals surface area (Å²) in [6.07, 6.45) is 2.00. The van der Waals surface area contributed by atoms with Crippen molar-refractivity contribution in [3.05, 3.63) is 29.8 Å². The van der Waals surface area contributed by atoms with E-state index in [1.807, 2.05) is 32.0 Å². The van der Waals surface area contributed by atoms with Gasteiger partial charge in [-0.3, -0.25) is 0 Å². The topological polar surface area (TPSA) is 57.6 Å². The molecule has 1 aromatic rings. The quantitative estimate of drug-likeness (QED) is 0.867. The smallest absolute Gasteiger partial charge is 0.152 e. The third-order valence-electron chi connectivity index (χ3n) is 3.28. The van der Waals surface area contributed by atoms with Gasteiger partial charge in [-0.05, 0) is 38.2 Å². The lowest BCUT2D eigenvalue weighted by Crippen LogP contribution is -2.37. The van der Waals surface area contributed by atoms with E-state index in [0.717, 1.165) is 12.0 Å². The zero-order valence-electron chi connectivity index (χ0n) is 12.0. The van der Waals surface area contributed by atoms with Gasteiger partial charge in [-0.25, -0.2) is 8.42 Å². The third-order valence-corrected chi connectivity index (χ3v) is 4.86. The molecule has 0 radical (unpaired) electrons. The van der Waals surface area contributed by atoms with Gasteiger partial charge < -0.3 is 10.0 Å². The summed E-state index contributed by atoms with van der Waals surface area (Å²) in [5.74, 6) is 0.0672. The summed E-state index contributed by atoms with van der Waals surface area (Å²) in [5, 5.41) is 9.10. The fourth-order valence-electron chi connectivity index (χ4n) is 2.39. The number of aromatic hydroxyl groups is 1. The average Bonchev–Trinajstić information content (AvgIpc) is 2.27. The second-order valence-corrected chi connectivity index (χ2v) is 7.50. The van der Waals surface area contributed by atoms with Gasteiger partial charge in [0.1, 0.15) is 5.75 Å². The summed E-state index contributed by atoms with van der Waals surface area (Å²) in [5.41, 5.74) is 0.875. The summed E-state index contributed by atoms with van der Waals surface area (Å²) in [6.45, 7) is 2.45. The molecule has 0 aliphatic heterocycles. The highest BCUT2D eigenvalue weighted by atomic mass is 32.2. The van der Waals surface area contributed by atoms with Crippen molar-refractivity contribution in [1.82, 2.24) is 4.90 Å². The predicted molar refractivity (Wildman–Crippen MR) is 78.3 cm³/mol. The molecule has 0 unspecified atom stereocenters. The molecule has 5 heteroatoms. The molecule has 1 N–H and O–H groups in total. The standard InChI is InChI=1S/C14H23NO3S/c1-5-13(11-7-6-8-12(16)9-11)14(10-15(2)3)19(4,17)18/h6-9,13-14,16H,5,10H2,1-4H3/t13-,14-/m1/s1. The summed E-state index contributed by atoms with van der Waals surface area (Å²) in [6, 6.07) is 6.88. The average molecular weight is 285 g/mol. The first-order valence-electron chi connectivity index (χ1n) is 6.38. The lowest BCUT2D eigenvalue weighted by atomic mass is 9.92. The predicted octanol–water partition coefficient (Wildman–Crippen LogP) is 1.86. The van der Waals surface area contributed by atoms with Crippen LogP contribution in [0.25, 0.3) is 0 Å². The van der Waals surface area contributed by atoms with Crippen molar-refractivity contribution in [3.8, 4) is 5.75 Å². The van der Waals surface area contributed by atoms with Crippen molar-refractivity contribution in [3.63, 3.8) is 0 Å². The van der Waals surface area contributed by atoms with E-state index in [2.05, 4.69) is 0 Å². The molecule has 108 valence electrons. The molecule has 0 aliphatic carbocycles. The molecule has 0 heterocycles. The van der Waals surface area contributed by atoms with Gasteiger partial charge in [0, 0.05) is 18.7 Å². The van der Waals surface area contributed by atoms with Crippen molar-refractivity contribution in [1.29, 1.82) is 0 Å². The fraction of sp³-hybridized carbons (Fsp3) is 0.571. The summed E-state index contributed by atoms with van der Waals surface area (Å²) >= 11 is 0. The van der Waals surface area contributed by atoms with Crippen molar-refractivity contribution < 1.29 is 13.5 Å². The van der Waals surface area contributed by atoms with Gasteiger partial charge in [-0.15, -0.1) is 0 Å². The first-order valence-corrected chi connectivity index (χ1v) is 8.33. The summed E-state index contributed by atoms with van der Waals surface area (Å²) in [7, 11) is 0.581. The molecular formula is C14H23NO3S. The van der Waals surface area contributed by atoms with E-state index in [4.69, 9.17) is 0 Å². The molecule has 1 aromatic carbocycles. The first kappa shape index (κ1) is 16.0. The summed E-state index contributed by atoms with van der Waals surface area (Å²) in [4.78, 5) is 1.89. The van der Waals surface area contributed by atoms with Crippen LogP contribution in [0.5, 0.6) is 5.75 Å². The molecule has 0 bridgehead atoms. The Morgan fingerprint density at radius 1 is 1.32 bits per heavy atom. The Bertz CT molecular complexity index is 511. The molecule has 0 saturated carbocycles. The maximum atomic E-state index is 12.0. The molecule has 0 aromatic heterocycles. The van der Waals surface area contributed by atoms with E-state index in [9.17, 15) is 13.5 Å². The zero-order valence-corrected chi connectivity index (χ0v) is 12.8. The van der Waals surface area contributed by atoms with E-state index < -0.39 is 15.1 Å². The fourth-order valence-corrected chi connectivity index (χ4v) is 3.90. The number of sulfone groups is 1. The molecular weight excluding hydrogens is 262 g/mol. The largest absolute Gasteiger partial charge is 0.508 e. The number of nitrogens with zero attached hydrogens (tertiary/aromatic N) is 1. The molecule has 2 atom stereocenters. The van der Waals surface area contributed by atoms with Gasteiger partial charge in [0.2, 0.25) is 0 Å². The van der Waals surface area contributed by atoms with Crippen LogP contribution in [-0.4, -0.2) is 50.6 Å². The highest BCUT2D eigenvalue weighted by Gasteiger charge is 2.30. The van der Waals surface area contributed by atoms with Crippen LogP contribution in [0.3, 0.4) is 0 Å². The van der Waals surface area contributed by atoms with Gasteiger partial charge in [-0.1, -0.05) is 19.1 Å². The molecule has 4 nitrogen and oxygen atoms in total. The number of hydrogen-bond donors (Lipinski definition) is 1. The summed E-state index contributed by atoms with van der Waals surface area (Å²) < 4.78 is 24.1. The van der Waals surface area contributed by atoms with Crippen LogP contribution >= 0.6 is 0 Å². The third kappa shape index (κ3) is 4.51. The van der Waals surface area contributed by atoms with Crippen molar-refractivity contribution in [2.75, 3.05) is 26.9 Å². The maximum absolute atomic E-state index is 12.0. The maximum Gasteiger partial charge on any atom is 0.152 e. The molecule has 0 aliphatic rings. The Labute approximate surface area is 116 Å². The van der Waals surface area contributed by atoms with Crippen molar-refractivity contribution >= 4 is 9.84 Å². The second-order valence-electron chi connectivity index (χ2n) is 5.24. The Morgan fingerprint density at radius 2 is 1.95 bits per heavy atom. The number of benzene rings is 1. The molecule has 1 rings (SSSR count). The lowest BCUT2D eigenvalue weighted by Gasteiger charge is -2.27. The highest BCUT2D eigenvalue weighted by Crippen LogP contribution is 2.30. The van der Waals surface area contributed by atoms with Crippen LogP contribution in [0.1, 0.15) is 24.8 Å². The number of phenols is 1. The van der Waals surface area contributed by atoms with E-state index in [1.165, 1.54) is 6.26 Å². The monoisotopic (exact) mass is 285 g/mol. The second kappa shape index (κ2) is 6.39. The van der Waals surface area contributed by atoms with E-state index in [1.54, 1.807) is 18.2 Å². The van der Waals surface area contributed by atoms with Gasteiger partial charge in [-0.2, -0.15) is 0 Å². The number of rotatable bonds is 6. The van der Waals surface area contributed by atoms with Crippen LogP contribution in [-0.2, 0) is 9.84 Å². The molecule has 19 heavy (non-hydrogen) atoms. The SMILES string of the molecule is CC[C@H](c1cccc(O)c1)[C@@H](CN(C)C)S(C)(=O)=O. The lowest BCUT2D eigenvalue weighted by molar-refractivity contribution is 0.376. The first-order chi connectivity index (χ1) is 8.75. The minimum Gasteiger partial charge on any atom is -0.508 e. The van der Waals surface area contributed by atoms with Gasteiger partial charge in [0.05, 0.1) is 5.25 Å². The van der Waals surface area contributed by atoms with E-state index in [-0.39, 0.29) is 11.7 Å². The van der Waals surface area contributed by atoms with Crippen LogP contribution in [0, 0.1) is 0 Å². The van der Waals surface area contributed by atoms with E-state index >= 15 is 0 Å². The number of phenolic OH excluding ortho intramolecular Hbond substituents is 1. The number of hydrogen-bond acceptors (Lipinski definition) is 4. The Hall–Kier alpha value is -1.07. The highest BCUT2D eigenvalue weighted by molar-refractivity contribution is 7.91. The van der Waals surface area contributed by atoms with Crippen LogP contribution in [0.4, 0.5) is 0 Å². The normalized spacial score (nSPS) is 15.4. The van der Waals surface area contributed by atoms with Crippen molar-refractivity contribution in [2.45, 2.75) is 24.5 Å². The molecule has 0 amide bonds. The zero-order chi connectivity index (χ0) is 14.6. The Kier molecular flexibility index (Phi) is 5.38. The Balaban J connectivity index is 3.17. The van der Waals surface area contributed by atoms with Crippen LogP contribution in [0.15, 0.2) is 24.3 Å². The minimum absolute atomic E-state index is 0.107. The minimum atomic E-state index is -3.16. The Morgan fingerprint density at radius 3 is 2.37 bits per heavy atom.